The van der Waals surface area contributed by atoms with Gasteiger partial charge in [-0.1, -0.05) is 35.9 Å². The van der Waals surface area contributed by atoms with Gasteiger partial charge in [-0.25, -0.2) is 9.18 Å². The number of aromatic nitrogens is 1. The summed E-state index contributed by atoms with van der Waals surface area (Å²) < 4.78 is 13.8. The fraction of sp³-hybridized carbons (Fsp3) is 0.182. The number of fused-ring (bicyclic) bond motifs is 1. The van der Waals surface area contributed by atoms with E-state index >= 15 is 0 Å². The van der Waals surface area contributed by atoms with Gasteiger partial charge in [-0.2, -0.15) is 0 Å². The molecule has 4 rings (SSSR count). The Kier molecular flexibility index (Phi) is 5.47. The normalized spacial score (nSPS) is 15.6. The number of rotatable bonds is 5. The van der Waals surface area contributed by atoms with Crippen LogP contribution < -0.4 is 10.6 Å². The molecule has 1 atom stereocenters. The first-order valence-electron chi connectivity index (χ1n) is 9.26. The van der Waals surface area contributed by atoms with Crippen molar-refractivity contribution in [3.05, 3.63) is 82.4 Å². The molecule has 0 radical (unpaired) electrons. The Labute approximate surface area is 172 Å². The Bertz CT molecular complexity index is 1070. The van der Waals surface area contributed by atoms with Crippen molar-refractivity contribution in [2.24, 2.45) is 0 Å². The van der Waals surface area contributed by atoms with Crippen LogP contribution >= 0.6 is 11.6 Å². The number of hydrogen-bond acceptors (Lipinski definition) is 4. The van der Waals surface area contributed by atoms with Crippen LogP contribution in [-0.4, -0.2) is 29.1 Å². The number of nitrogens with zero attached hydrogens (tertiary/aromatic N) is 1. The number of hydrogen-bond donors (Lipinski definition) is 3. The van der Waals surface area contributed by atoms with Crippen LogP contribution in [0.15, 0.2) is 54.9 Å². The highest BCUT2D eigenvalue weighted by Gasteiger charge is 2.21. The summed E-state index contributed by atoms with van der Waals surface area (Å²) in [5.41, 5.74) is 4.73. The number of aromatic carboxylic acids is 1. The van der Waals surface area contributed by atoms with Crippen LogP contribution in [0.3, 0.4) is 0 Å². The maximum Gasteiger partial charge on any atom is 0.337 e. The Balaban J connectivity index is 1.56. The molecule has 7 heteroatoms. The van der Waals surface area contributed by atoms with Crippen LogP contribution in [0, 0.1) is 5.82 Å². The van der Waals surface area contributed by atoms with Crippen molar-refractivity contribution < 1.29 is 14.3 Å². The van der Waals surface area contributed by atoms with Gasteiger partial charge in [-0.3, -0.25) is 4.98 Å². The van der Waals surface area contributed by atoms with Crippen LogP contribution in [0.25, 0.3) is 11.1 Å². The third kappa shape index (κ3) is 4.09. The zero-order valence-electron chi connectivity index (χ0n) is 15.5. The SMILES string of the molecule is O=C(O)c1ccncc1NC[C@@H]1NCCc2cc(-c3ccc(Cl)c(F)c3)ccc21. The van der Waals surface area contributed by atoms with Crippen LogP contribution in [0.2, 0.25) is 5.02 Å². The number of nitrogens with one attached hydrogen (secondary N) is 2. The lowest BCUT2D eigenvalue weighted by molar-refractivity contribution is 0.0697. The lowest BCUT2D eigenvalue weighted by Gasteiger charge is -2.28. The Morgan fingerprint density at radius 1 is 1.24 bits per heavy atom. The van der Waals surface area contributed by atoms with Crippen LogP contribution in [-0.2, 0) is 6.42 Å². The molecule has 148 valence electrons. The van der Waals surface area contributed by atoms with Gasteiger partial charge in [-0.05, 0) is 53.4 Å². The van der Waals surface area contributed by atoms with E-state index < -0.39 is 11.8 Å². The predicted octanol–water partition coefficient (Wildman–Crippen LogP) is 4.54. The zero-order chi connectivity index (χ0) is 20.4. The van der Waals surface area contributed by atoms with E-state index in [1.807, 2.05) is 18.2 Å². The van der Waals surface area contributed by atoms with E-state index in [2.05, 4.69) is 21.7 Å². The van der Waals surface area contributed by atoms with Gasteiger partial charge in [0.25, 0.3) is 0 Å². The largest absolute Gasteiger partial charge is 0.478 e. The third-order valence-corrected chi connectivity index (χ3v) is 5.41. The van der Waals surface area contributed by atoms with Crippen LogP contribution in [0.1, 0.15) is 27.5 Å². The minimum Gasteiger partial charge on any atom is -0.478 e. The van der Waals surface area contributed by atoms with Gasteiger partial charge in [0.1, 0.15) is 5.82 Å². The highest BCUT2D eigenvalue weighted by molar-refractivity contribution is 6.30. The van der Waals surface area contributed by atoms with Crippen LogP contribution in [0.4, 0.5) is 10.1 Å². The number of carboxylic acid groups (broad SMARTS) is 1. The summed E-state index contributed by atoms with van der Waals surface area (Å²) in [5.74, 6) is -1.43. The molecule has 5 nitrogen and oxygen atoms in total. The smallest absolute Gasteiger partial charge is 0.337 e. The van der Waals surface area contributed by atoms with Crippen molar-refractivity contribution >= 4 is 23.3 Å². The summed E-state index contributed by atoms with van der Waals surface area (Å²) in [6.45, 7) is 1.32. The average molecular weight is 412 g/mol. The number of halogens is 2. The molecule has 3 N–H and O–H groups in total. The van der Waals surface area contributed by atoms with Gasteiger partial charge in [0.15, 0.2) is 0 Å². The summed E-state index contributed by atoms with van der Waals surface area (Å²) >= 11 is 5.79. The van der Waals surface area contributed by atoms with E-state index in [-0.39, 0.29) is 16.6 Å². The zero-order valence-corrected chi connectivity index (χ0v) is 16.2. The molecule has 1 aromatic heterocycles. The minimum absolute atomic E-state index is 0.0246. The molecule has 0 spiro atoms. The first-order chi connectivity index (χ1) is 14.0. The van der Waals surface area contributed by atoms with Gasteiger partial charge >= 0.3 is 5.97 Å². The number of benzene rings is 2. The van der Waals surface area contributed by atoms with E-state index in [4.69, 9.17) is 11.6 Å². The monoisotopic (exact) mass is 411 g/mol. The molecule has 0 aliphatic carbocycles. The molecule has 0 bridgehead atoms. The van der Waals surface area contributed by atoms with E-state index in [1.165, 1.54) is 30.1 Å². The lowest BCUT2D eigenvalue weighted by Crippen LogP contribution is -2.34. The summed E-state index contributed by atoms with van der Waals surface area (Å²) in [7, 11) is 0. The van der Waals surface area contributed by atoms with Crippen molar-refractivity contribution in [3.63, 3.8) is 0 Å². The van der Waals surface area contributed by atoms with Gasteiger partial charge in [0.2, 0.25) is 0 Å². The molecule has 29 heavy (non-hydrogen) atoms. The van der Waals surface area contributed by atoms with E-state index in [1.54, 1.807) is 6.07 Å². The fourth-order valence-corrected chi connectivity index (χ4v) is 3.74. The van der Waals surface area contributed by atoms with Gasteiger partial charge in [-0.15, -0.1) is 0 Å². The second-order valence-electron chi connectivity index (χ2n) is 6.91. The van der Waals surface area contributed by atoms with Crippen molar-refractivity contribution in [1.82, 2.24) is 10.3 Å². The van der Waals surface area contributed by atoms with Gasteiger partial charge in [0, 0.05) is 18.8 Å². The van der Waals surface area contributed by atoms with E-state index in [9.17, 15) is 14.3 Å². The molecule has 2 heterocycles. The fourth-order valence-electron chi connectivity index (χ4n) is 3.62. The first kappa shape index (κ1) is 19.4. The molecule has 0 fully saturated rings. The maximum atomic E-state index is 13.8. The summed E-state index contributed by atoms with van der Waals surface area (Å²) in [6.07, 6.45) is 3.85. The maximum absolute atomic E-state index is 13.8. The third-order valence-electron chi connectivity index (χ3n) is 5.10. The number of carbonyl (C=O) groups is 1. The second kappa shape index (κ2) is 8.19. The summed E-state index contributed by atoms with van der Waals surface area (Å²) in [4.78, 5) is 15.4. The topological polar surface area (TPSA) is 74.2 Å². The first-order valence-corrected chi connectivity index (χ1v) is 9.63. The highest BCUT2D eigenvalue weighted by atomic mass is 35.5. The second-order valence-corrected chi connectivity index (χ2v) is 7.31. The van der Waals surface area contributed by atoms with Crippen molar-refractivity contribution in [1.29, 1.82) is 0 Å². The van der Waals surface area contributed by atoms with Gasteiger partial charge in [0.05, 0.1) is 22.5 Å². The molecule has 1 aliphatic heterocycles. The molecule has 0 saturated carbocycles. The Hall–Kier alpha value is -2.96. The molecule has 3 aromatic rings. The summed E-state index contributed by atoms with van der Waals surface area (Å²) in [5, 5.41) is 16.1. The molecular formula is C22H19ClFN3O2. The number of pyridine rings is 1. The number of carboxylic acids is 1. The van der Waals surface area contributed by atoms with Crippen molar-refractivity contribution in [3.8, 4) is 11.1 Å². The predicted molar refractivity (Wildman–Crippen MR) is 111 cm³/mol. The summed E-state index contributed by atoms with van der Waals surface area (Å²) in [6, 6.07) is 12.4. The Morgan fingerprint density at radius 3 is 2.83 bits per heavy atom. The minimum atomic E-state index is -0.994. The van der Waals surface area contributed by atoms with E-state index in [0.29, 0.717) is 12.2 Å². The van der Waals surface area contributed by atoms with Gasteiger partial charge < -0.3 is 15.7 Å². The molecular weight excluding hydrogens is 393 g/mol. The lowest BCUT2D eigenvalue weighted by atomic mass is 9.90. The highest BCUT2D eigenvalue weighted by Crippen LogP contribution is 2.30. The van der Waals surface area contributed by atoms with Crippen molar-refractivity contribution in [2.75, 3.05) is 18.4 Å². The Morgan fingerprint density at radius 2 is 2.03 bits per heavy atom. The standard InChI is InChI=1S/C22H19ClFN3O2/c23-18-4-2-14(10-19(18)24)13-1-3-16-15(9-13)5-8-26-21(16)12-27-20-11-25-7-6-17(20)22(28)29/h1-4,6-7,9-11,21,26-27H,5,8,12H2,(H,28,29)/t21-/m0/s1. The quantitative estimate of drug-likeness (QED) is 0.574. The van der Waals surface area contributed by atoms with E-state index in [0.717, 1.165) is 29.7 Å². The average Bonchev–Trinajstić information content (AvgIpc) is 2.74. The molecule has 2 aromatic carbocycles. The molecule has 0 amide bonds. The van der Waals surface area contributed by atoms with Crippen LogP contribution in [0.5, 0.6) is 0 Å². The molecule has 0 saturated heterocycles. The molecule has 0 unspecified atom stereocenters. The number of anilines is 1. The van der Waals surface area contributed by atoms with Crippen molar-refractivity contribution in [2.45, 2.75) is 12.5 Å². The molecule has 1 aliphatic rings.